The minimum atomic E-state index is 0.797. The van der Waals surface area contributed by atoms with E-state index in [2.05, 4.69) is 84.6 Å². The van der Waals surface area contributed by atoms with Crippen molar-refractivity contribution < 1.29 is 0 Å². The Bertz CT molecular complexity index is 1840. The first-order chi connectivity index (χ1) is 20.5. The molecule has 0 aliphatic carbocycles. The Morgan fingerprint density at radius 2 is 0.762 bits per heavy atom. The summed E-state index contributed by atoms with van der Waals surface area (Å²) in [5.41, 5.74) is 4.35. The van der Waals surface area contributed by atoms with Gasteiger partial charge in [0.2, 0.25) is 0 Å². The summed E-state index contributed by atoms with van der Waals surface area (Å²) in [6.07, 6.45) is 0. The largest absolute Gasteiger partial charge is 0.329 e. The SMILES string of the molecule is CN1c2cccc(n2)N(C)c2cccc(n2)N(C)c2cccc(c2-c2cccc3ccccc23)N(C)c2cccc1n2. The van der Waals surface area contributed by atoms with Crippen LogP contribution in [0.2, 0.25) is 0 Å². The molecule has 42 heavy (non-hydrogen) atoms. The van der Waals surface area contributed by atoms with Gasteiger partial charge in [-0.2, -0.15) is 0 Å². The van der Waals surface area contributed by atoms with Gasteiger partial charge in [0.15, 0.2) is 0 Å². The van der Waals surface area contributed by atoms with Gasteiger partial charge >= 0.3 is 0 Å². The van der Waals surface area contributed by atoms with E-state index in [0.717, 1.165) is 57.4 Å². The maximum atomic E-state index is 5.10. The fraction of sp³-hybridized carbons (Fsp3) is 0.114. The molecule has 8 bridgehead atoms. The highest BCUT2D eigenvalue weighted by Crippen LogP contribution is 2.45. The van der Waals surface area contributed by atoms with E-state index in [4.69, 9.17) is 15.0 Å². The topological polar surface area (TPSA) is 51.6 Å². The van der Waals surface area contributed by atoms with Crippen LogP contribution in [-0.4, -0.2) is 43.1 Å². The molecule has 3 aromatic carbocycles. The Hall–Kier alpha value is -5.43. The third-order valence-electron chi connectivity index (χ3n) is 8.02. The third kappa shape index (κ3) is 4.27. The minimum absolute atomic E-state index is 0.797. The van der Waals surface area contributed by atoms with Gasteiger partial charge in [0, 0.05) is 33.8 Å². The van der Waals surface area contributed by atoms with Gasteiger partial charge in [0.25, 0.3) is 0 Å². The number of aromatic nitrogens is 3. The van der Waals surface area contributed by atoms with Gasteiger partial charge in [-0.1, -0.05) is 66.7 Å². The van der Waals surface area contributed by atoms with Crippen LogP contribution in [0.5, 0.6) is 0 Å². The number of nitrogens with zero attached hydrogens (tertiary/aromatic N) is 7. The van der Waals surface area contributed by atoms with Crippen molar-refractivity contribution in [2.45, 2.75) is 0 Å². The molecule has 206 valence electrons. The van der Waals surface area contributed by atoms with E-state index in [1.165, 1.54) is 10.8 Å². The number of hydrogen-bond acceptors (Lipinski definition) is 7. The predicted octanol–water partition coefficient (Wildman–Crippen LogP) is 8.08. The average molecular weight is 550 g/mol. The van der Waals surface area contributed by atoms with Crippen LogP contribution in [0.3, 0.4) is 0 Å². The number of anilines is 8. The first kappa shape index (κ1) is 25.5. The second-order valence-corrected chi connectivity index (χ2v) is 10.5. The lowest BCUT2D eigenvalue weighted by Crippen LogP contribution is -2.20. The fourth-order valence-electron chi connectivity index (χ4n) is 5.65. The minimum Gasteiger partial charge on any atom is -0.329 e. The fourth-order valence-corrected chi connectivity index (χ4v) is 5.65. The zero-order chi connectivity index (χ0) is 28.8. The molecule has 0 N–H and O–H groups in total. The molecule has 7 rings (SSSR count). The maximum Gasteiger partial charge on any atom is 0.136 e. The number of hydrogen-bond donors (Lipinski definition) is 0. The quantitative estimate of drug-likeness (QED) is 0.205. The summed E-state index contributed by atoms with van der Waals surface area (Å²) in [4.78, 5) is 23.5. The first-order valence-electron chi connectivity index (χ1n) is 14.0. The maximum absolute atomic E-state index is 5.10. The first-order valence-corrected chi connectivity index (χ1v) is 14.0. The number of fused-ring (bicyclic) bond motifs is 9. The van der Waals surface area contributed by atoms with Crippen LogP contribution in [0, 0.1) is 0 Å². The highest BCUT2D eigenvalue weighted by atomic mass is 15.3. The van der Waals surface area contributed by atoms with Gasteiger partial charge in [-0.25, -0.2) is 15.0 Å². The second kappa shape index (κ2) is 10.2. The predicted molar refractivity (Wildman–Crippen MR) is 174 cm³/mol. The molecule has 0 fully saturated rings. The highest BCUT2D eigenvalue weighted by molar-refractivity contribution is 6.04. The molecule has 6 aromatic rings. The standard InChI is InChI=1S/C35H31N7/c1-39-27-16-8-17-28(35(27)26-15-7-13-24-12-5-6-14-25(24)26)40(2)30-19-10-21-32(37-30)42(4)34-23-11-22-33(38-34)41(3)31-20-9-18-29(39)36-31/h5-23H,1-4H3. The van der Waals surface area contributed by atoms with Crippen LogP contribution in [0.1, 0.15) is 0 Å². The molecule has 0 atom stereocenters. The summed E-state index contributed by atoms with van der Waals surface area (Å²) in [5, 5.41) is 2.39. The van der Waals surface area contributed by atoms with Crippen molar-refractivity contribution in [3.63, 3.8) is 0 Å². The second-order valence-electron chi connectivity index (χ2n) is 10.5. The zero-order valence-electron chi connectivity index (χ0n) is 24.1. The zero-order valence-corrected chi connectivity index (χ0v) is 24.1. The summed E-state index contributed by atoms with van der Waals surface area (Å²) in [6, 6.07) is 39.7. The molecule has 7 nitrogen and oxygen atoms in total. The molecule has 0 amide bonds. The summed E-state index contributed by atoms with van der Waals surface area (Å²) in [6.45, 7) is 0. The lowest BCUT2D eigenvalue weighted by molar-refractivity contribution is 1.02. The number of pyridine rings is 3. The molecule has 0 radical (unpaired) electrons. The Kier molecular flexibility index (Phi) is 6.20. The molecule has 1 aliphatic rings. The van der Waals surface area contributed by atoms with Crippen molar-refractivity contribution in [2.24, 2.45) is 0 Å². The third-order valence-corrected chi connectivity index (χ3v) is 8.02. The van der Waals surface area contributed by atoms with Gasteiger partial charge in [0.05, 0.1) is 11.4 Å². The van der Waals surface area contributed by atoms with E-state index in [1.54, 1.807) is 0 Å². The molecular weight excluding hydrogens is 518 g/mol. The van der Waals surface area contributed by atoms with Crippen LogP contribution >= 0.6 is 0 Å². The van der Waals surface area contributed by atoms with Gasteiger partial charge in [-0.05, 0) is 64.9 Å². The Labute approximate surface area is 245 Å². The molecule has 0 spiro atoms. The molecule has 7 heteroatoms. The van der Waals surface area contributed by atoms with Crippen LogP contribution < -0.4 is 19.6 Å². The summed E-state index contributed by atoms with van der Waals surface area (Å²) in [5.74, 6) is 4.87. The Morgan fingerprint density at radius 1 is 0.381 bits per heavy atom. The van der Waals surface area contributed by atoms with Crippen molar-refractivity contribution in [1.29, 1.82) is 0 Å². The van der Waals surface area contributed by atoms with Crippen LogP contribution in [-0.2, 0) is 0 Å². The smallest absolute Gasteiger partial charge is 0.136 e. The molecule has 1 aliphatic heterocycles. The van der Waals surface area contributed by atoms with E-state index >= 15 is 0 Å². The summed E-state index contributed by atoms with van der Waals surface area (Å²) >= 11 is 0. The molecule has 3 aromatic heterocycles. The van der Waals surface area contributed by atoms with E-state index < -0.39 is 0 Å². The van der Waals surface area contributed by atoms with Crippen LogP contribution in [0.25, 0.3) is 21.9 Å². The van der Waals surface area contributed by atoms with E-state index in [1.807, 2.05) is 78.5 Å². The molecule has 4 heterocycles. The van der Waals surface area contributed by atoms with Crippen molar-refractivity contribution in [3.05, 3.63) is 115 Å². The highest BCUT2D eigenvalue weighted by Gasteiger charge is 2.22. The van der Waals surface area contributed by atoms with Crippen molar-refractivity contribution in [1.82, 2.24) is 15.0 Å². The van der Waals surface area contributed by atoms with Crippen LogP contribution in [0.15, 0.2) is 115 Å². The Morgan fingerprint density at radius 3 is 1.26 bits per heavy atom. The summed E-state index contributed by atoms with van der Waals surface area (Å²) < 4.78 is 0. The van der Waals surface area contributed by atoms with Crippen molar-refractivity contribution in [2.75, 3.05) is 47.8 Å². The molecule has 0 saturated carbocycles. The number of benzene rings is 3. The number of rotatable bonds is 1. The van der Waals surface area contributed by atoms with Gasteiger partial charge in [-0.15, -0.1) is 0 Å². The van der Waals surface area contributed by atoms with Gasteiger partial charge < -0.3 is 19.6 Å². The molecular formula is C35H31N7. The average Bonchev–Trinajstić information content (AvgIpc) is 3.06. The van der Waals surface area contributed by atoms with Crippen molar-refractivity contribution in [3.8, 4) is 11.1 Å². The summed E-state index contributed by atoms with van der Waals surface area (Å²) in [7, 11) is 8.15. The van der Waals surface area contributed by atoms with E-state index in [0.29, 0.717) is 0 Å². The molecule has 0 unspecified atom stereocenters. The van der Waals surface area contributed by atoms with Crippen molar-refractivity contribution >= 4 is 57.1 Å². The van der Waals surface area contributed by atoms with Gasteiger partial charge in [-0.3, -0.25) is 0 Å². The molecule has 0 saturated heterocycles. The van der Waals surface area contributed by atoms with E-state index in [9.17, 15) is 0 Å². The lowest BCUT2D eigenvalue weighted by atomic mass is 9.94. The lowest BCUT2D eigenvalue weighted by Gasteiger charge is -2.30. The van der Waals surface area contributed by atoms with E-state index in [-0.39, 0.29) is 0 Å². The van der Waals surface area contributed by atoms with Crippen LogP contribution in [0.4, 0.5) is 46.3 Å². The van der Waals surface area contributed by atoms with Gasteiger partial charge in [0.1, 0.15) is 34.9 Å². The normalized spacial score (nSPS) is 13.0. The monoisotopic (exact) mass is 549 g/mol. The Balaban J connectivity index is 1.53.